The molecule has 0 spiro atoms. The molecule has 0 aliphatic heterocycles. The second-order valence-corrected chi connectivity index (χ2v) is 4.83. The van der Waals surface area contributed by atoms with Crippen LogP contribution in [0, 0.1) is 0 Å². The lowest BCUT2D eigenvalue weighted by molar-refractivity contribution is -0.117. The maximum Gasteiger partial charge on any atom is 0.227 e. The molecule has 1 unspecified atom stereocenters. The molecule has 1 amide bonds. The van der Waals surface area contributed by atoms with Crippen LogP contribution in [0.4, 0.5) is 5.82 Å². The smallest absolute Gasteiger partial charge is 0.227 e. The molecule has 2 heterocycles. The van der Waals surface area contributed by atoms with E-state index in [1.54, 1.807) is 18.7 Å². The molecule has 2 aromatic heterocycles. The van der Waals surface area contributed by atoms with E-state index >= 15 is 0 Å². The molecule has 0 aromatic carbocycles. The normalized spacial score (nSPS) is 12.3. The summed E-state index contributed by atoms with van der Waals surface area (Å²) in [5.41, 5.74) is 1.02. The molecule has 0 aliphatic carbocycles. The molecule has 0 saturated carbocycles. The number of imidazole rings is 1. The first-order valence-electron chi connectivity index (χ1n) is 7.04. The fourth-order valence-corrected chi connectivity index (χ4v) is 2.27. The van der Waals surface area contributed by atoms with Gasteiger partial charge in [-0.15, -0.1) is 0 Å². The van der Waals surface area contributed by atoms with Gasteiger partial charge >= 0.3 is 0 Å². The number of aromatic amines is 1. The van der Waals surface area contributed by atoms with Crippen molar-refractivity contribution in [2.45, 2.75) is 45.6 Å². The molecule has 2 N–H and O–H groups in total. The molecule has 20 heavy (non-hydrogen) atoms. The van der Waals surface area contributed by atoms with Crippen molar-refractivity contribution in [3.8, 4) is 0 Å². The van der Waals surface area contributed by atoms with Gasteiger partial charge in [0.1, 0.15) is 5.82 Å². The van der Waals surface area contributed by atoms with E-state index in [1.807, 2.05) is 17.7 Å². The topological polar surface area (TPSA) is 75.6 Å². The van der Waals surface area contributed by atoms with Crippen LogP contribution in [-0.2, 0) is 11.2 Å². The number of amides is 1. The van der Waals surface area contributed by atoms with Crippen LogP contribution in [-0.4, -0.2) is 25.7 Å². The SMILES string of the molecule is CCCC(CC(=O)Nc1[nH]ncc1CC)n1ccnc1. The number of hydrogen-bond donors (Lipinski definition) is 2. The van der Waals surface area contributed by atoms with E-state index in [0.717, 1.165) is 24.8 Å². The third-order valence-electron chi connectivity index (χ3n) is 3.35. The highest BCUT2D eigenvalue weighted by atomic mass is 16.1. The molecule has 6 nitrogen and oxygen atoms in total. The highest BCUT2D eigenvalue weighted by Crippen LogP contribution is 2.19. The van der Waals surface area contributed by atoms with Crippen molar-refractivity contribution in [1.82, 2.24) is 19.7 Å². The summed E-state index contributed by atoms with van der Waals surface area (Å²) in [5, 5.41) is 9.68. The van der Waals surface area contributed by atoms with Crippen LogP contribution in [0.2, 0.25) is 0 Å². The average molecular weight is 275 g/mol. The van der Waals surface area contributed by atoms with E-state index in [4.69, 9.17) is 0 Å². The van der Waals surface area contributed by atoms with Gasteiger partial charge in [0.15, 0.2) is 0 Å². The van der Waals surface area contributed by atoms with Crippen molar-refractivity contribution in [3.05, 3.63) is 30.5 Å². The van der Waals surface area contributed by atoms with E-state index in [1.165, 1.54) is 0 Å². The molecule has 0 saturated heterocycles. The summed E-state index contributed by atoms with van der Waals surface area (Å²) in [6.07, 6.45) is 10.4. The Morgan fingerprint density at radius 2 is 2.35 bits per heavy atom. The second kappa shape index (κ2) is 6.88. The molecule has 2 rings (SSSR count). The Morgan fingerprint density at radius 3 is 3.00 bits per heavy atom. The van der Waals surface area contributed by atoms with Gasteiger partial charge in [0, 0.05) is 30.4 Å². The number of H-pyrrole nitrogens is 1. The van der Waals surface area contributed by atoms with Crippen LogP contribution >= 0.6 is 0 Å². The summed E-state index contributed by atoms with van der Waals surface area (Å²) in [6.45, 7) is 4.15. The number of hydrogen-bond acceptors (Lipinski definition) is 3. The molecule has 0 bridgehead atoms. The predicted molar refractivity (Wildman–Crippen MR) is 77.4 cm³/mol. The van der Waals surface area contributed by atoms with E-state index in [9.17, 15) is 4.79 Å². The van der Waals surface area contributed by atoms with Crippen molar-refractivity contribution in [3.63, 3.8) is 0 Å². The zero-order chi connectivity index (χ0) is 14.4. The highest BCUT2D eigenvalue weighted by Gasteiger charge is 2.16. The van der Waals surface area contributed by atoms with Crippen LogP contribution in [0.5, 0.6) is 0 Å². The van der Waals surface area contributed by atoms with Gasteiger partial charge in [-0.3, -0.25) is 9.89 Å². The van der Waals surface area contributed by atoms with E-state index in [0.29, 0.717) is 12.2 Å². The van der Waals surface area contributed by atoms with Gasteiger partial charge in [0.05, 0.1) is 12.5 Å². The van der Waals surface area contributed by atoms with Crippen molar-refractivity contribution in [2.24, 2.45) is 0 Å². The molecule has 1 atom stereocenters. The van der Waals surface area contributed by atoms with Crippen LogP contribution < -0.4 is 5.32 Å². The average Bonchev–Trinajstić information content (AvgIpc) is 3.09. The number of carbonyl (C=O) groups excluding carboxylic acids is 1. The second-order valence-electron chi connectivity index (χ2n) is 4.83. The van der Waals surface area contributed by atoms with Crippen LogP contribution in [0.3, 0.4) is 0 Å². The molecular formula is C14H21N5O. The van der Waals surface area contributed by atoms with E-state index < -0.39 is 0 Å². The summed E-state index contributed by atoms with van der Waals surface area (Å²) in [5.74, 6) is 0.703. The molecule has 2 aromatic rings. The number of nitrogens with zero attached hydrogens (tertiary/aromatic N) is 3. The predicted octanol–water partition coefficient (Wildman–Crippen LogP) is 2.54. The number of anilines is 1. The maximum absolute atomic E-state index is 12.2. The minimum Gasteiger partial charge on any atom is -0.334 e. The van der Waals surface area contributed by atoms with Crippen molar-refractivity contribution < 1.29 is 4.79 Å². The third-order valence-corrected chi connectivity index (χ3v) is 3.35. The number of nitrogens with one attached hydrogen (secondary N) is 2. The van der Waals surface area contributed by atoms with E-state index in [2.05, 4.69) is 27.4 Å². The van der Waals surface area contributed by atoms with Crippen LogP contribution in [0.25, 0.3) is 0 Å². The Kier molecular flexibility index (Phi) is 4.92. The van der Waals surface area contributed by atoms with Crippen molar-refractivity contribution >= 4 is 11.7 Å². The largest absolute Gasteiger partial charge is 0.334 e. The van der Waals surface area contributed by atoms with Gasteiger partial charge in [-0.05, 0) is 12.8 Å². The van der Waals surface area contributed by atoms with Gasteiger partial charge in [0.2, 0.25) is 5.91 Å². The van der Waals surface area contributed by atoms with Gasteiger partial charge in [-0.25, -0.2) is 4.98 Å². The zero-order valence-corrected chi connectivity index (χ0v) is 12.0. The third kappa shape index (κ3) is 3.46. The Labute approximate surface area is 118 Å². The number of carbonyl (C=O) groups is 1. The first-order valence-corrected chi connectivity index (χ1v) is 7.04. The Hall–Kier alpha value is -2.11. The lowest BCUT2D eigenvalue weighted by Crippen LogP contribution is -2.19. The fraction of sp³-hybridized carbons (Fsp3) is 0.500. The van der Waals surface area contributed by atoms with Crippen molar-refractivity contribution in [2.75, 3.05) is 5.32 Å². The Bertz CT molecular complexity index is 532. The van der Waals surface area contributed by atoms with Gasteiger partial charge < -0.3 is 9.88 Å². The molecule has 6 heteroatoms. The minimum absolute atomic E-state index is 0.00361. The summed E-state index contributed by atoms with van der Waals surface area (Å²) < 4.78 is 2.00. The summed E-state index contributed by atoms with van der Waals surface area (Å²) in [6, 6.07) is 0.149. The zero-order valence-electron chi connectivity index (χ0n) is 12.0. The number of aryl methyl sites for hydroxylation is 1. The lowest BCUT2D eigenvalue weighted by atomic mass is 10.1. The number of rotatable bonds is 7. The molecule has 0 fully saturated rings. The van der Waals surface area contributed by atoms with Gasteiger partial charge in [0.25, 0.3) is 0 Å². The standard InChI is InChI=1S/C14H21N5O/c1-3-5-12(19-7-6-15-10-19)8-13(20)17-14-11(4-2)9-16-18-14/h6-7,9-10,12H,3-5,8H2,1-2H3,(H2,16,17,18,20). The molecular weight excluding hydrogens is 254 g/mol. The minimum atomic E-state index is -0.00361. The Balaban J connectivity index is 1.98. The number of aromatic nitrogens is 4. The lowest BCUT2D eigenvalue weighted by Gasteiger charge is -2.17. The van der Waals surface area contributed by atoms with Crippen LogP contribution in [0.1, 0.15) is 44.7 Å². The summed E-state index contributed by atoms with van der Waals surface area (Å²) in [4.78, 5) is 16.2. The molecule has 0 aliphatic rings. The Morgan fingerprint density at radius 1 is 1.50 bits per heavy atom. The maximum atomic E-state index is 12.2. The first kappa shape index (κ1) is 14.3. The molecule has 108 valence electrons. The monoisotopic (exact) mass is 275 g/mol. The van der Waals surface area contributed by atoms with Gasteiger partial charge in [-0.2, -0.15) is 5.10 Å². The van der Waals surface area contributed by atoms with Crippen LogP contribution in [0.15, 0.2) is 24.9 Å². The van der Waals surface area contributed by atoms with E-state index in [-0.39, 0.29) is 11.9 Å². The highest BCUT2D eigenvalue weighted by molar-refractivity contribution is 5.90. The summed E-state index contributed by atoms with van der Waals surface area (Å²) >= 11 is 0. The van der Waals surface area contributed by atoms with Gasteiger partial charge in [-0.1, -0.05) is 20.3 Å². The molecule has 0 radical (unpaired) electrons. The quantitative estimate of drug-likeness (QED) is 0.815. The summed E-state index contributed by atoms with van der Waals surface area (Å²) in [7, 11) is 0. The van der Waals surface area contributed by atoms with Crippen molar-refractivity contribution in [1.29, 1.82) is 0 Å². The fourth-order valence-electron chi connectivity index (χ4n) is 2.27. The first-order chi connectivity index (χ1) is 9.74.